The van der Waals surface area contributed by atoms with Crippen LogP contribution >= 0.6 is 11.3 Å². The number of rotatable bonds is 5. The predicted molar refractivity (Wildman–Crippen MR) is 74.4 cm³/mol. The first-order chi connectivity index (χ1) is 9.51. The van der Waals surface area contributed by atoms with E-state index in [2.05, 4.69) is 5.32 Å². The number of thiophene rings is 1. The highest BCUT2D eigenvalue weighted by atomic mass is 32.1. The van der Waals surface area contributed by atoms with Crippen molar-refractivity contribution >= 4 is 28.2 Å². The lowest BCUT2D eigenvalue weighted by atomic mass is 9.87. The molecule has 1 aliphatic heterocycles. The Morgan fingerprint density at radius 1 is 1.65 bits per heavy atom. The maximum Gasteiger partial charge on any atom is 0.306 e. The van der Waals surface area contributed by atoms with Crippen LogP contribution in [-0.4, -0.2) is 41.5 Å². The highest BCUT2D eigenvalue weighted by molar-refractivity contribution is 7.14. The standard InChI is InChI=1S/C13H15N3O3S/c1-8(13(18)19)10-5-16(6-10)7-11(17)15-12-9(4-14)2-3-20-12/h2-3,8,10H,5-7H2,1H3,(H,15,17)(H,18,19). The number of carbonyl (C=O) groups is 2. The van der Waals surface area contributed by atoms with Gasteiger partial charge in [0.05, 0.1) is 18.0 Å². The van der Waals surface area contributed by atoms with Crippen LogP contribution in [0.3, 0.4) is 0 Å². The SMILES string of the molecule is CC(C(=O)O)C1CN(CC(=O)Nc2sccc2C#N)C1. The average Bonchev–Trinajstić information content (AvgIpc) is 2.79. The fraction of sp³-hybridized carbons (Fsp3) is 0.462. The molecule has 106 valence electrons. The summed E-state index contributed by atoms with van der Waals surface area (Å²) in [7, 11) is 0. The van der Waals surface area contributed by atoms with E-state index in [-0.39, 0.29) is 24.3 Å². The van der Waals surface area contributed by atoms with Gasteiger partial charge in [0.25, 0.3) is 0 Å². The summed E-state index contributed by atoms with van der Waals surface area (Å²) in [4.78, 5) is 24.5. The summed E-state index contributed by atoms with van der Waals surface area (Å²) in [6.45, 7) is 3.16. The number of carboxylic acids is 1. The Morgan fingerprint density at radius 2 is 2.35 bits per heavy atom. The fourth-order valence-corrected chi connectivity index (χ4v) is 2.87. The molecule has 0 saturated carbocycles. The van der Waals surface area contributed by atoms with Crippen LogP contribution in [0.5, 0.6) is 0 Å². The van der Waals surface area contributed by atoms with E-state index in [9.17, 15) is 9.59 Å². The van der Waals surface area contributed by atoms with Crippen LogP contribution in [0, 0.1) is 23.2 Å². The lowest BCUT2D eigenvalue weighted by Gasteiger charge is -2.40. The molecule has 0 aromatic carbocycles. The van der Waals surface area contributed by atoms with Crippen molar-refractivity contribution in [3.63, 3.8) is 0 Å². The Kier molecular flexibility index (Phi) is 4.37. The third-order valence-electron chi connectivity index (χ3n) is 3.49. The molecule has 1 aromatic rings. The molecule has 1 unspecified atom stereocenters. The fourth-order valence-electron chi connectivity index (χ4n) is 2.12. The minimum Gasteiger partial charge on any atom is -0.481 e. The minimum absolute atomic E-state index is 0.108. The number of hydrogen-bond acceptors (Lipinski definition) is 5. The molecule has 20 heavy (non-hydrogen) atoms. The molecule has 0 bridgehead atoms. The number of likely N-dealkylation sites (tertiary alicyclic amines) is 1. The maximum absolute atomic E-state index is 11.8. The third-order valence-corrected chi connectivity index (χ3v) is 4.32. The highest BCUT2D eigenvalue weighted by Crippen LogP contribution is 2.25. The van der Waals surface area contributed by atoms with Gasteiger partial charge in [0, 0.05) is 13.1 Å². The van der Waals surface area contributed by atoms with E-state index in [1.807, 2.05) is 11.0 Å². The molecule has 2 N–H and O–H groups in total. The largest absolute Gasteiger partial charge is 0.481 e. The summed E-state index contributed by atoms with van der Waals surface area (Å²) < 4.78 is 0. The Labute approximate surface area is 120 Å². The molecule has 0 spiro atoms. The van der Waals surface area contributed by atoms with Gasteiger partial charge < -0.3 is 10.4 Å². The summed E-state index contributed by atoms with van der Waals surface area (Å²) in [5.74, 6) is -1.24. The van der Waals surface area contributed by atoms with E-state index in [1.165, 1.54) is 11.3 Å². The minimum atomic E-state index is -0.795. The van der Waals surface area contributed by atoms with Crippen molar-refractivity contribution < 1.29 is 14.7 Å². The van der Waals surface area contributed by atoms with Crippen molar-refractivity contribution in [3.05, 3.63) is 17.0 Å². The van der Waals surface area contributed by atoms with Crippen LogP contribution in [0.15, 0.2) is 11.4 Å². The molecule has 1 amide bonds. The molecule has 0 radical (unpaired) electrons. The van der Waals surface area contributed by atoms with Gasteiger partial charge in [-0.05, 0) is 17.4 Å². The molecule has 1 fully saturated rings. The summed E-state index contributed by atoms with van der Waals surface area (Å²) in [5.41, 5.74) is 0.462. The van der Waals surface area contributed by atoms with Gasteiger partial charge in [0.1, 0.15) is 11.1 Å². The number of hydrogen-bond donors (Lipinski definition) is 2. The topological polar surface area (TPSA) is 93.4 Å². The quantitative estimate of drug-likeness (QED) is 0.851. The second-order valence-electron chi connectivity index (χ2n) is 4.90. The number of aliphatic carboxylic acids is 1. The molecular weight excluding hydrogens is 278 g/mol. The van der Waals surface area contributed by atoms with Crippen molar-refractivity contribution in [2.45, 2.75) is 6.92 Å². The Bertz CT molecular complexity index is 557. The van der Waals surface area contributed by atoms with Crippen LogP contribution in [0.25, 0.3) is 0 Å². The van der Waals surface area contributed by atoms with Crippen molar-refractivity contribution in [1.82, 2.24) is 4.90 Å². The van der Waals surface area contributed by atoms with E-state index in [1.54, 1.807) is 18.4 Å². The normalized spacial score (nSPS) is 17.0. The first-order valence-electron chi connectivity index (χ1n) is 6.24. The molecule has 2 heterocycles. The molecule has 1 saturated heterocycles. The van der Waals surface area contributed by atoms with E-state index in [0.717, 1.165) is 0 Å². The van der Waals surface area contributed by atoms with E-state index < -0.39 is 5.97 Å². The number of anilines is 1. The zero-order valence-electron chi connectivity index (χ0n) is 11.0. The monoisotopic (exact) mass is 293 g/mol. The van der Waals surface area contributed by atoms with Crippen LogP contribution in [-0.2, 0) is 9.59 Å². The zero-order valence-corrected chi connectivity index (χ0v) is 11.8. The van der Waals surface area contributed by atoms with Crippen LogP contribution < -0.4 is 5.32 Å². The van der Waals surface area contributed by atoms with Crippen molar-refractivity contribution in [3.8, 4) is 6.07 Å². The Balaban J connectivity index is 1.78. The van der Waals surface area contributed by atoms with Crippen molar-refractivity contribution in [2.75, 3.05) is 25.0 Å². The first kappa shape index (κ1) is 14.5. The van der Waals surface area contributed by atoms with Gasteiger partial charge in [-0.3, -0.25) is 14.5 Å². The van der Waals surface area contributed by atoms with Gasteiger partial charge in [-0.1, -0.05) is 6.92 Å². The molecule has 6 nitrogen and oxygen atoms in total. The maximum atomic E-state index is 11.8. The number of amides is 1. The summed E-state index contributed by atoms with van der Waals surface area (Å²) in [6.07, 6.45) is 0. The van der Waals surface area contributed by atoms with Crippen molar-refractivity contribution in [2.24, 2.45) is 11.8 Å². The lowest BCUT2D eigenvalue weighted by Crippen LogP contribution is -2.53. The first-order valence-corrected chi connectivity index (χ1v) is 7.12. The molecule has 1 aromatic heterocycles. The predicted octanol–water partition coefficient (Wildman–Crippen LogP) is 1.21. The number of nitrogens with zero attached hydrogens (tertiary/aromatic N) is 2. The lowest BCUT2D eigenvalue weighted by molar-refractivity contribution is -0.145. The van der Waals surface area contributed by atoms with E-state index >= 15 is 0 Å². The van der Waals surface area contributed by atoms with Crippen LogP contribution in [0.4, 0.5) is 5.00 Å². The molecule has 1 atom stereocenters. The van der Waals surface area contributed by atoms with E-state index in [4.69, 9.17) is 10.4 Å². The number of carboxylic acid groups (broad SMARTS) is 1. The van der Waals surface area contributed by atoms with Gasteiger partial charge >= 0.3 is 5.97 Å². The smallest absolute Gasteiger partial charge is 0.306 e. The van der Waals surface area contributed by atoms with Gasteiger partial charge in [-0.25, -0.2) is 0 Å². The van der Waals surface area contributed by atoms with Gasteiger partial charge in [0.2, 0.25) is 5.91 Å². The molecular formula is C13H15N3O3S. The number of carbonyl (C=O) groups excluding carboxylic acids is 1. The molecule has 0 aliphatic carbocycles. The van der Waals surface area contributed by atoms with E-state index in [0.29, 0.717) is 23.7 Å². The van der Waals surface area contributed by atoms with Crippen LogP contribution in [0.2, 0.25) is 0 Å². The average molecular weight is 293 g/mol. The summed E-state index contributed by atoms with van der Waals surface area (Å²) >= 11 is 1.31. The Hall–Kier alpha value is -1.91. The Morgan fingerprint density at radius 3 is 2.95 bits per heavy atom. The number of nitriles is 1. The zero-order chi connectivity index (χ0) is 14.7. The molecule has 1 aliphatic rings. The summed E-state index contributed by atoms with van der Waals surface area (Å²) in [6, 6.07) is 3.67. The van der Waals surface area contributed by atoms with Crippen LogP contribution in [0.1, 0.15) is 12.5 Å². The molecule has 2 rings (SSSR count). The van der Waals surface area contributed by atoms with Crippen molar-refractivity contribution in [1.29, 1.82) is 5.26 Å². The second kappa shape index (κ2) is 6.03. The summed E-state index contributed by atoms with van der Waals surface area (Å²) in [5, 5.41) is 22.8. The second-order valence-corrected chi connectivity index (χ2v) is 5.82. The van der Waals surface area contributed by atoms with Gasteiger partial charge in [0.15, 0.2) is 0 Å². The third kappa shape index (κ3) is 3.15. The number of nitrogens with one attached hydrogen (secondary N) is 1. The van der Waals surface area contributed by atoms with Gasteiger partial charge in [-0.15, -0.1) is 11.3 Å². The van der Waals surface area contributed by atoms with Gasteiger partial charge in [-0.2, -0.15) is 5.26 Å². The highest BCUT2D eigenvalue weighted by Gasteiger charge is 2.35. The molecule has 7 heteroatoms.